The molecule has 2 aromatic carbocycles. The Morgan fingerprint density at radius 1 is 1.18 bits per heavy atom. The van der Waals surface area contributed by atoms with Gasteiger partial charge in [0.1, 0.15) is 11.4 Å². The lowest BCUT2D eigenvalue weighted by Gasteiger charge is -2.04. The molecule has 5 heteroatoms. The molecule has 0 spiro atoms. The van der Waals surface area contributed by atoms with E-state index in [0.717, 1.165) is 16.5 Å². The number of rotatable bonds is 3. The van der Waals surface area contributed by atoms with Crippen LogP contribution in [0.25, 0.3) is 22.0 Å². The third kappa shape index (κ3) is 2.22. The van der Waals surface area contributed by atoms with Gasteiger partial charge in [-0.25, -0.2) is 4.79 Å². The van der Waals surface area contributed by atoms with Crippen molar-refractivity contribution < 1.29 is 14.6 Å². The molecule has 1 aromatic heterocycles. The number of methoxy groups -OCH3 is 1. The first kappa shape index (κ1) is 14.5. The van der Waals surface area contributed by atoms with Gasteiger partial charge >= 0.3 is 5.97 Å². The lowest BCUT2D eigenvalue weighted by atomic mass is 10.0. The van der Waals surface area contributed by atoms with Gasteiger partial charge in [-0.2, -0.15) is 0 Å². The number of fused-ring (bicyclic) bond motifs is 1. The Kier molecular flexibility index (Phi) is 3.54. The first-order valence-corrected chi connectivity index (χ1v) is 7.06. The maximum absolute atomic E-state index is 11.7. The Bertz CT molecular complexity index is 866. The molecule has 0 bridgehead atoms. The third-order valence-corrected chi connectivity index (χ3v) is 3.99. The van der Waals surface area contributed by atoms with E-state index in [9.17, 15) is 9.90 Å². The summed E-state index contributed by atoms with van der Waals surface area (Å²) in [6.07, 6.45) is 0. The van der Waals surface area contributed by atoms with E-state index in [2.05, 4.69) is 0 Å². The Balaban J connectivity index is 2.41. The molecule has 0 saturated heterocycles. The summed E-state index contributed by atoms with van der Waals surface area (Å²) in [7, 11) is 3.34. The molecule has 0 amide bonds. The lowest BCUT2D eigenvalue weighted by molar-refractivity contribution is 0.0688. The minimum absolute atomic E-state index is 0.241. The molecule has 0 aliphatic rings. The van der Waals surface area contributed by atoms with E-state index in [4.69, 9.17) is 16.3 Å². The van der Waals surface area contributed by atoms with Gasteiger partial charge in [-0.05, 0) is 35.9 Å². The van der Waals surface area contributed by atoms with Crippen LogP contribution in [0.4, 0.5) is 0 Å². The van der Waals surface area contributed by atoms with Crippen LogP contribution >= 0.6 is 11.6 Å². The molecule has 0 fully saturated rings. The van der Waals surface area contributed by atoms with Crippen LogP contribution in [0.15, 0.2) is 42.5 Å². The molecular formula is C17H14ClNO3. The van der Waals surface area contributed by atoms with Gasteiger partial charge in [0.2, 0.25) is 0 Å². The van der Waals surface area contributed by atoms with Gasteiger partial charge in [0.05, 0.1) is 7.11 Å². The van der Waals surface area contributed by atoms with Gasteiger partial charge in [-0.1, -0.05) is 23.7 Å². The molecule has 0 saturated carbocycles. The summed E-state index contributed by atoms with van der Waals surface area (Å²) in [5, 5.41) is 11.1. The highest BCUT2D eigenvalue weighted by atomic mass is 35.5. The summed E-state index contributed by atoms with van der Waals surface area (Å²) in [6, 6.07) is 12.7. The number of carboxylic acid groups (broad SMARTS) is 1. The SMILES string of the molecule is COc1ccc2c(c1)c(-c1ccc(Cl)cc1)c(C(=O)O)n2C. The highest BCUT2D eigenvalue weighted by Gasteiger charge is 2.22. The number of nitrogens with zero attached hydrogens (tertiary/aromatic N) is 1. The van der Waals surface area contributed by atoms with Crippen LogP contribution in [0.5, 0.6) is 5.75 Å². The fourth-order valence-corrected chi connectivity index (χ4v) is 2.84. The maximum Gasteiger partial charge on any atom is 0.353 e. The molecule has 1 heterocycles. The van der Waals surface area contributed by atoms with E-state index in [1.165, 1.54) is 0 Å². The first-order valence-electron chi connectivity index (χ1n) is 6.68. The minimum atomic E-state index is -0.970. The fourth-order valence-electron chi connectivity index (χ4n) is 2.71. The monoisotopic (exact) mass is 315 g/mol. The van der Waals surface area contributed by atoms with E-state index in [0.29, 0.717) is 16.3 Å². The molecule has 1 N–H and O–H groups in total. The van der Waals surface area contributed by atoms with Crippen molar-refractivity contribution in [3.05, 3.63) is 53.2 Å². The van der Waals surface area contributed by atoms with Crippen molar-refractivity contribution in [1.82, 2.24) is 4.57 Å². The zero-order valence-electron chi connectivity index (χ0n) is 12.1. The maximum atomic E-state index is 11.7. The number of aryl methyl sites for hydroxylation is 1. The van der Waals surface area contributed by atoms with Gasteiger partial charge in [-0.15, -0.1) is 0 Å². The third-order valence-electron chi connectivity index (χ3n) is 3.74. The van der Waals surface area contributed by atoms with Crippen molar-refractivity contribution in [2.24, 2.45) is 7.05 Å². The second-order valence-electron chi connectivity index (χ2n) is 4.98. The highest BCUT2D eigenvalue weighted by molar-refractivity contribution is 6.30. The van der Waals surface area contributed by atoms with Crippen molar-refractivity contribution in [3.8, 4) is 16.9 Å². The summed E-state index contributed by atoms with van der Waals surface area (Å²) in [4.78, 5) is 11.7. The van der Waals surface area contributed by atoms with Gasteiger partial charge in [0.25, 0.3) is 0 Å². The average Bonchev–Trinajstić information content (AvgIpc) is 2.80. The molecule has 22 heavy (non-hydrogen) atoms. The number of carbonyl (C=O) groups is 1. The molecule has 0 unspecified atom stereocenters. The predicted molar refractivity (Wildman–Crippen MR) is 86.9 cm³/mol. The summed E-state index contributed by atoms with van der Waals surface area (Å²) in [6.45, 7) is 0. The van der Waals surface area contributed by atoms with Crippen molar-refractivity contribution in [2.75, 3.05) is 7.11 Å². The Morgan fingerprint density at radius 2 is 1.86 bits per heavy atom. The second-order valence-corrected chi connectivity index (χ2v) is 5.41. The standard InChI is InChI=1S/C17H14ClNO3/c1-19-14-8-7-12(22-2)9-13(14)15(16(19)17(20)21)10-3-5-11(18)6-4-10/h3-9H,1-2H3,(H,20,21). The van der Waals surface area contributed by atoms with Crippen LogP contribution in [0, 0.1) is 0 Å². The van der Waals surface area contributed by atoms with Crippen molar-refractivity contribution >= 4 is 28.5 Å². The molecule has 3 aromatic rings. The summed E-state index contributed by atoms with van der Waals surface area (Å²) < 4.78 is 6.95. The topological polar surface area (TPSA) is 51.5 Å². The molecule has 4 nitrogen and oxygen atoms in total. The molecule has 0 aliphatic carbocycles. The molecule has 0 radical (unpaired) electrons. The number of benzene rings is 2. The Hall–Kier alpha value is -2.46. The molecular weight excluding hydrogens is 302 g/mol. The molecule has 0 atom stereocenters. The largest absolute Gasteiger partial charge is 0.497 e. The first-order chi connectivity index (χ1) is 10.5. The zero-order valence-corrected chi connectivity index (χ0v) is 12.9. The van der Waals surface area contributed by atoms with Crippen molar-refractivity contribution in [1.29, 1.82) is 0 Å². The molecule has 0 aliphatic heterocycles. The van der Waals surface area contributed by atoms with Crippen LogP contribution < -0.4 is 4.74 Å². The number of ether oxygens (including phenoxy) is 1. The number of aromatic nitrogens is 1. The van der Waals surface area contributed by atoms with E-state index >= 15 is 0 Å². The van der Waals surface area contributed by atoms with Crippen LogP contribution in [0.1, 0.15) is 10.5 Å². The van der Waals surface area contributed by atoms with Crippen molar-refractivity contribution in [2.45, 2.75) is 0 Å². The normalized spacial score (nSPS) is 10.9. The second kappa shape index (κ2) is 5.39. The fraction of sp³-hybridized carbons (Fsp3) is 0.118. The van der Waals surface area contributed by atoms with Crippen LogP contribution in [0.2, 0.25) is 5.02 Å². The van der Waals surface area contributed by atoms with E-state index < -0.39 is 5.97 Å². The lowest BCUT2D eigenvalue weighted by Crippen LogP contribution is -2.05. The van der Waals surface area contributed by atoms with E-state index in [1.54, 1.807) is 30.9 Å². The average molecular weight is 316 g/mol. The van der Waals surface area contributed by atoms with Crippen LogP contribution in [-0.2, 0) is 7.05 Å². The van der Waals surface area contributed by atoms with Gasteiger partial charge in [0.15, 0.2) is 0 Å². The number of hydrogen-bond acceptors (Lipinski definition) is 2. The predicted octanol–water partition coefficient (Wildman–Crippen LogP) is 4.21. The number of aromatic carboxylic acids is 1. The van der Waals surface area contributed by atoms with Gasteiger partial charge in [0, 0.05) is 28.5 Å². The number of carboxylic acids is 1. The van der Waals surface area contributed by atoms with E-state index in [1.807, 2.05) is 30.3 Å². The summed E-state index contributed by atoms with van der Waals surface area (Å²) >= 11 is 5.93. The highest BCUT2D eigenvalue weighted by Crippen LogP contribution is 2.36. The minimum Gasteiger partial charge on any atom is -0.497 e. The summed E-state index contributed by atoms with van der Waals surface area (Å²) in [5.41, 5.74) is 2.55. The quantitative estimate of drug-likeness (QED) is 0.788. The van der Waals surface area contributed by atoms with E-state index in [-0.39, 0.29) is 5.69 Å². The number of hydrogen-bond donors (Lipinski definition) is 1. The smallest absolute Gasteiger partial charge is 0.353 e. The Morgan fingerprint density at radius 3 is 2.45 bits per heavy atom. The molecule has 3 rings (SSSR count). The van der Waals surface area contributed by atoms with Gasteiger partial charge < -0.3 is 14.4 Å². The zero-order chi connectivity index (χ0) is 15.9. The van der Waals surface area contributed by atoms with Gasteiger partial charge in [-0.3, -0.25) is 0 Å². The molecule has 112 valence electrons. The van der Waals surface area contributed by atoms with Crippen LogP contribution in [-0.4, -0.2) is 22.8 Å². The number of halogens is 1. The summed E-state index contributed by atoms with van der Waals surface area (Å²) in [5.74, 6) is -0.284. The van der Waals surface area contributed by atoms with Crippen molar-refractivity contribution in [3.63, 3.8) is 0 Å². The van der Waals surface area contributed by atoms with Crippen LogP contribution in [0.3, 0.4) is 0 Å². The Labute approximate surface area is 132 Å².